The summed E-state index contributed by atoms with van der Waals surface area (Å²) in [7, 11) is 0. The predicted molar refractivity (Wildman–Crippen MR) is 90.2 cm³/mol. The van der Waals surface area contributed by atoms with E-state index in [-0.39, 0.29) is 6.42 Å². The van der Waals surface area contributed by atoms with Gasteiger partial charge in [-0.05, 0) is 36.6 Å². The minimum Gasteiger partial charge on any atom is -0.480 e. The fourth-order valence-corrected chi connectivity index (χ4v) is 2.31. The Kier molecular flexibility index (Phi) is 5.69. The van der Waals surface area contributed by atoms with Crippen LogP contribution in [0.5, 0.6) is 0 Å². The number of carbonyl (C=O) groups is 2. The number of amides is 1. The van der Waals surface area contributed by atoms with Gasteiger partial charge >= 0.3 is 5.97 Å². The summed E-state index contributed by atoms with van der Waals surface area (Å²) in [5.41, 5.74) is 2.39. The van der Waals surface area contributed by atoms with Gasteiger partial charge in [-0.15, -0.1) is 0 Å². The quantitative estimate of drug-likeness (QED) is 0.855. The third kappa shape index (κ3) is 4.43. The number of nitrogens with one attached hydrogen (secondary N) is 1. The topological polar surface area (TPSA) is 90.2 Å². The minimum atomic E-state index is -1.15. The van der Waals surface area contributed by atoms with Crippen molar-refractivity contribution < 1.29 is 14.7 Å². The number of carboxylic acids is 1. The van der Waals surface area contributed by atoms with E-state index < -0.39 is 23.8 Å². The van der Waals surface area contributed by atoms with Gasteiger partial charge in [0.2, 0.25) is 0 Å². The number of aliphatic carboxylic acids is 1. The average Bonchev–Trinajstić information content (AvgIpc) is 2.61. The highest BCUT2D eigenvalue weighted by Crippen LogP contribution is 2.19. The first-order chi connectivity index (χ1) is 11.5. The van der Waals surface area contributed by atoms with Gasteiger partial charge in [0.1, 0.15) is 6.04 Å². The summed E-state index contributed by atoms with van der Waals surface area (Å²) in [4.78, 5) is 23.5. The molecule has 0 radical (unpaired) electrons. The van der Waals surface area contributed by atoms with Crippen LogP contribution in [-0.4, -0.2) is 23.0 Å². The Morgan fingerprint density at radius 3 is 2.21 bits per heavy atom. The summed E-state index contributed by atoms with van der Waals surface area (Å²) in [6, 6.07) is 17.6. The largest absolute Gasteiger partial charge is 0.480 e. The molecule has 5 heteroatoms. The normalized spacial score (nSPS) is 12.7. The second-order valence-corrected chi connectivity index (χ2v) is 5.57. The number of rotatable bonds is 6. The van der Waals surface area contributed by atoms with Crippen LogP contribution >= 0.6 is 0 Å². The Morgan fingerprint density at radius 1 is 1.08 bits per heavy atom. The lowest BCUT2D eigenvalue weighted by atomic mass is 10.0. The van der Waals surface area contributed by atoms with Gasteiger partial charge < -0.3 is 10.4 Å². The zero-order chi connectivity index (χ0) is 17.5. The maximum Gasteiger partial charge on any atom is 0.326 e. The van der Waals surface area contributed by atoms with E-state index in [4.69, 9.17) is 5.26 Å². The molecule has 0 aliphatic heterocycles. The van der Waals surface area contributed by atoms with Gasteiger partial charge in [-0.1, -0.05) is 42.5 Å². The van der Waals surface area contributed by atoms with E-state index in [9.17, 15) is 14.7 Å². The lowest BCUT2D eigenvalue weighted by Crippen LogP contribution is -2.41. The molecule has 0 unspecified atom stereocenters. The van der Waals surface area contributed by atoms with Gasteiger partial charge in [0, 0.05) is 11.5 Å². The highest BCUT2D eigenvalue weighted by molar-refractivity contribution is 5.97. The lowest BCUT2D eigenvalue weighted by Gasteiger charge is -2.15. The van der Waals surface area contributed by atoms with Crippen LogP contribution < -0.4 is 5.32 Å². The first-order valence-corrected chi connectivity index (χ1v) is 7.60. The Bertz CT molecular complexity index is 748. The molecular weight excluding hydrogens is 304 g/mol. The molecule has 1 amide bonds. The van der Waals surface area contributed by atoms with Crippen molar-refractivity contribution in [3.63, 3.8) is 0 Å². The number of carbonyl (C=O) groups excluding carboxylic acids is 1. The number of carboxylic acid groups (broad SMARTS) is 1. The van der Waals surface area contributed by atoms with Crippen molar-refractivity contribution in [2.24, 2.45) is 5.92 Å². The Morgan fingerprint density at radius 2 is 1.67 bits per heavy atom. The van der Waals surface area contributed by atoms with E-state index in [0.29, 0.717) is 5.56 Å². The Balaban J connectivity index is 2.09. The van der Waals surface area contributed by atoms with Crippen molar-refractivity contribution in [2.45, 2.75) is 19.4 Å². The molecule has 2 N–H and O–H groups in total. The van der Waals surface area contributed by atoms with Gasteiger partial charge in [-0.25, -0.2) is 4.79 Å². The molecule has 122 valence electrons. The SMILES string of the molecule is C[C@@H](C#N)C[C@@H](NC(=O)c1ccc(-c2ccccc2)cc1)C(=O)O. The van der Waals surface area contributed by atoms with Gasteiger partial charge in [0.05, 0.1) is 6.07 Å². The highest BCUT2D eigenvalue weighted by Gasteiger charge is 2.23. The second kappa shape index (κ2) is 7.93. The van der Waals surface area contributed by atoms with Crippen molar-refractivity contribution in [3.05, 3.63) is 60.2 Å². The summed E-state index contributed by atoms with van der Waals surface area (Å²) < 4.78 is 0. The fourth-order valence-electron chi connectivity index (χ4n) is 2.31. The first kappa shape index (κ1) is 17.2. The molecule has 5 nitrogen and oxygen atoms in total. The Labute approximate surface area is 140 Å². The van der Waals surface area contributed by atoms with Gasteiger partial charge in [-0.2, -0.15) is 5.26 Å². The number of nitriles is 1. The average molecular weight is 322 g/mol. The first-order valence-electron chi connectivity index (χ1n) is 7.60. The molecule has 2 aromatic rings. The van der Waals surface area contributed by atoms with Crippen LogP contribution in [0.4, 0.5) is 0 Å². The molecule has 0 saturated carbocycles. The van der Waals surface area contributed by atoms with E-state index in [2.05, 4.69) is 5.32 Å². The minimum absolute atomic E-state index is 0.0691. The zero-order valence-electron chi connectivity index (χ0n) is 13.3. The van der Waals surface area contributed by atoms with Crippen LogP contribution in [0.15, 0.2) is 54.6 Å². The zero-order valence-corrected chi connectivity index (χ0v) is 13.3. The standard InChI is InChI=1S/C19H18N2O3/c1-13(12-20)11-17(19(23)24)21-18(22)16-9-7-15(8-10-16)14-5-3-2-4-6-14/h2-10,13,17H,11H2,1H3,(H,21,22)(H,23,24)/t13-,17-/m1/s1. The molecule has 0 bridgehead atoms. The Hall–Kier alpha value is -3.13. The van der Waals surface area contributed by atoms with Crippen molar-refractivity contribution >= 4 is 11.9 Å². The molecule has 0 saturated heterocycles. The van der Waals surface area contributed by atoms with Gasteiger partial charge in [0.15, 0.2) is 0 Å². The lowest BCUT2D eigenvalue weighted by molar-refractivity contribution is -0.139. The number of hydrogen-bond acceptors (Lipinski definition) is 3. The maximum atomic E-state index is 12.2. The van der Waals surface area contributed by atoms with E-state index in [1.807, 2.05) is 48.5 Å². The van der Waals surface area contributed by atoms with Crippen molar-refractivity contribution in [3.8, 4) is 17.2 Å². The van der Waals surface area contributed by atoms with Gasteiger partial charge in [-0.3, -0.25) is 4.79 Å². The van der Waals surface area contributed by atoms with Crippen LogP contribution in [0.3, 0.4) is 0 Å². The number of benzene rings is 2. The van der Waals surface area contributed by atoms with E-state index in [0.717, 1.165) is 11.1 Å². The molecule has 0 aromatic heterocycles. The number of hydrogen-bond donors (Lipinski definition) is 2. The molecule has 2 atom stereocenters. The summed E-state index contributed by atoms with van der Waals surface area (Å²) in [5, 5.41) is 20.4. The van der Waals surface area contributed by atoms with Crippen molar-refractivity contribution in [1.29, 1.82) is 5.26 Å². The van der Waals surface area contributed by atoms with Crippen LogP contribution in [0.25, 0.3) is 11.1 Å². The molecule has 0 spiro atoms. The summed E-state index contributed by atoms with van der Waals surface area (Å²) >= 11 is 0. The molecule has 0 heterocycles. The molecule has 0 aliphatic rings. The molecule has 24 heavy (non-hydrogen) atoms. The second-order valence-electron chi connectivity index (χ2n) is 5.57. The smallest absolute Gasteiger partial charge is 0.326 e. The van der Waals surface area contributed by atoms with Crippen LogP contribution in [0.2, 0.25) is 0 Å². The van der Waals surface area contributed by atoms with E-state index >= 15 is 0 Å². The highest BCUT2D eigenvalue weighted by atomic mass is 16.4. The van der Waals surface area contributed by atoms with E-state index in [1.54, 1.807) is 19.1 Å². The van der Waals surface area contributed by atoms with Crippen LogP contribution in [-0.2, 0) is 4.79 Å². The molecule has 0 aliphatic carbocycles. The summed E-state index contributed by atoms with van der Waals surface area (Å²) in [5.74, 6) is -2.06. The van der Waals surface area contributed by atoms with Crippen LogP contribution in [0, 0.1) is 17.2 Å². The maximum absolute atomic E-state index is 12.2. The third-order valence-electron chi connectivity index (χ3n) is 3.67. The molecular formula is C19H18N2O3. The molecule has 0 fully saturated rings. The molecule has 2 rings (SSSR count). The predicted octanol–water partition coefficient (Wildman–Crippen LogP) is 3.09. The number of nitrogens with zero attached hydrogens (tertiary/aromatic N) is 1. The fraction of sp³-hybridized carbons (Fsp3) is 0.211. The summed E-state index contributed by atoms with van der Waals surface area (Å²) in [6.45, 7) is 1.62. The van der Waals surface area contributed by atoms with Crippen molar-refractivity contribution in [2.75, 3.05) is 0 Å². The summed E-state index contributed by atoms with van der Waals surface area (Å²) in [6.07, 6.45) is 0.0691. The van der Waals surface area contributed by atoms with E-state index in [1.165, 1.54) is 0 Å². The third-order valence-corrected chi connectivity index (χ3v) is 3.67. The van der Waals surface area contributed by atoms with Gasteiger partial charge in [0.25, 0.3) is 5.91 Å². The molecule has 2 aromatic carbocycles. The monoisotopic (exact) mass is 322 g/mol. The van der Waals surface area contributed by atoms with Crippen molar-refractivity contribution in [1.82, 2.24) is 5.32 Å². The van der Waals surface area contributed by atoms with Crippen LogP contribution in [0.1, 0.15) is 23.7 Å².